The molecule has 0 aliphatic rings. The quantitative estimate of drug-likeness (QED) is 0.546. The summed E-state index contributed by atoms with van der Waals surface area (Å²) in [5.41, 5.74) is -3.63. The van der Waals surface area contributed by atoms with Crippen LogP contribution in [0.5, 0.6) is 0 Å². The molecule has 2 N–H and O–H groups in total. The number of amides is 2. The molecule has 0 aromatic heterocycles. The van der Waals surface area contributed by atoms with Crippen LogP contribution in [0.1, 0.15) is 24.2 Å². The molecule has 2 rings (SSSR count). The lowest BCUT2D eigenvalue weighted by molar-refractivity contribution is -0.242. The normalized spacial score (nSPS) is 13.8. The highest BCUT2D eigenvalue weighted by Crippen LogP contribution is 2.43. The lowest BCUT2D eigenvalue weighted by Gasteiger charge is -2.25. The van der Waals surface area contributed by atoms with Crippen LogP contribution in [0.3, 0.4) is 0 Å². The lowest BCUT2D eigenvalue weighted by Crippen LogP contribution is -2.52. The second-order valence-electron chi connectivity index (χ2n) is 7.51. The van der Waals surface area contributed by atoms with Gasteiger partial charge in [-0.1, -0.05) is 30.3 Å². The molecule has 186 valence electrons. The van der Waals surface area contributed by atoms with Crippen molar-refractivity contribution >= 4 is 50.7 Å². The molecule has 2 aromatic carbocycles. The number of carbonyl (C=O) groups is 2. The maximum Gasteiger partial charge on any atom is 0.426 e. The van der Waals surface area contributed by atoms with Gasteiger partial charge in [-0.15, -0.1) is 0 Å². The Kier molecular flexibility index (Phi) is 8.34. The Labute approximate surface area is 204 Å². The molecule has 7 nitrogen and oxygen atoms in total. The molecule has 2 amide bonds. The molecule has 0 fully saturated rings. The van der Waals surface area contributed by atoms with Crippen molar-refractivity contribution in [2.24, 2.45) is 0 Å². The first-order chi connectivity index (χ1) is 15.5. The fourth-order valence-corrected chi connectivity index (χ4v) is 5.28. The minimum Gasteiger partial charge on any atom is -0.373 e. The van der Waals surface area contributed by atoms with Crippen LogP contribution in [-0.4, -0.2) is 61.9 Å². The first-order valence-electron chi connectivity index (χ1n) is 9.68. The van der Waals surface area contributed by atoms with E-state index in [0.717, 1.165) is 23.9 Å². The highest BCUT2D eigenvalue weighted by Gasteiger charge is 2.55. The minimum absolute atomic E-state index is 0.0281. The summed E-state index contributed by atoms with van der Waals surface area (Å²) in [4.78, 5) is 25.8. The number of nitrogens with one attached hydrogen (secondary N) is 1. The average Bonchev–Trinajstić information content (AvgIpc) is 2.75. The maximum absolute atomic E-state index is 13.0. The van der Waals surface area contributed by atoms with Crippen LogP contribution >= 0.6 is 23.4 Å². The van der Waals surface area contributed by atoms with Crippen molar-refractivity contribution in [1.82, 2.24) is 4.90 Å². The summed E-state index contributed by atoms with van der Waals surface area (Å²) in [6.07, 6.45) is -5.25. The van der Waals surface area contributed by atoms with Crippen LogP contribution < -0.4 is 5.32 Å². The Bertz CT molecular complexity index is 1200. The Balaban J connectivity index is 2.52. The van der Waals surface area contributed by atoms with E-state index in [9.17, 15) is 36.3 Å². The number of hydrogen-bond acceptors (Lipinski definition) is 6. The maximum atomic E-state index is 13.0. The third-order valence-corrected chi connectivity index (χ3v) is 8.29. The number of sulfone groups is 1. The predicted molar refractivity (Wildman–Crippen MR) is 123 cm³/mol. The summed E-state index contributed by atoms with van der Waals surface area (Å²) < 4.78 is 64.2. The van der Waals surface area contributed by atoms with Gasteiger partial charge >= 0.3 is 6.18 Å². The van der Waals surface area contributed by atoms with E-state index in [-0.39, 0.29) is 32.2 Å². The van der Waals surface area contributed by atoms with Crippen molar-refractivity contribution in [2.75, 3.05) is 25.2 Å². The molecule has 2 aromatic rings. The minimum atomic E-state index is -5.25. The number of benzene rings is 2. The zero-order valence-electron chi connectivity index (χ0n) is 18.5. The Morgan fingerprint density at radius 3 is 2.15 bits per heavy atom. The molecule has 13 heteroatoms. The van der Waals surface area contributed by atoms with Crippen molar-refractivity contribution in [2.45, 2.75) is 40.3 Å². The molecular weight excluding hydrogens is 517 g/mol. The highest BCUT2D eigenvalue weighted by molar-refractivity contribution is 8.00. The van der Waals surface area contributed by atoms with Gasteiger partial charge in [0.2, 0.25) is 5.60 Å². The van der Waals surface area contributed by atoms with Crippen molar-refractivity contribution in [3.8, 4) is 0 Å². The van der Waals surface area contributed by atoms with E-state index >= 15 is 0 Å². The van der Waals surface area contributed by atoms with E-state index in [4.69, 9.17) is 11.6 Å². The molecule has 0 aliphatic heterocycles. The second kappa shape index (κ2) is 10.1. The zero-order valence-corrected chi connectivity index (χ0v) is 20.9. The number of aliphatic hydroxyl groups is 1. The fraction of sp³-hybridized carbons (Fsp3) is 0.333. The van der Waals surface area contributed by atoms with E-state index < -0.39 is 27.5 Å². The van der Waals surface area contributed by atoms with Gasteiger partial charge in [0.25, 0.3) is 11.8 Å². The standard InChI is InChI=1S/C21H22ClF3N2O5S2/c1-5-34(31,32)15-11-10-14(26-19(29)20(2,30)21(23,24)25)16(22)17(15)33-13-8-6-12(7-9-13)18(28)27(3)4/h6-11,30H,5H2,1-4H3,(H,26,29)/t20-/m1/s1. The van der Waals surface area contributed by atoms with Crippen molar-refractivity contribution in [1.29, 1.82) is 0 Å². The van der Waals surface area contributed by atoms with Gasteiger partial charge in [-0.2, -0.15) is 13.2 Å². The average molecular weight is 539 g/mol. The third kappa shape index (κ3) is 5.85. The summed E-state index contributed by atoms with van der Waals surface area (Å²) in [6, 6.07) is 8.34. The van der Waals surface area contributed by atoms with Crippen LogP contribution in [0, 0.1) is 0 Å². The Morgan fingerprint density at radius 2 is 1.68 bits per heavy atom. The third-order valence-electron chi connectivity index (χ3n) is 4.75. The van der Waals surface area contributed by atoms with Gasteiger partial charge in [-0.3, -0.25) is 9.59 Å². The van der Waals surface area contributed by atoms with Crippen molar-refractivity contribution in [3.05, 3.63) is 47.0 Å². The van der Waals surface area contributed by atoms with Crippen LogP contribution in [0.15, 0.2) is 51.1 Å². The second-order valence-corrected chi connectivity index (χ2v) is 11.2. The molecule has 0 heterocycles. The number of rotatable bonds is 7. The predicted octanol–water partition coefficient (Wildman–Crippen LogP) is 4.24. The molecule has 0 saturated carbocycles. The van der Waals surface area contributed by atoms with Crippen molar-refractivity contribution < 1.29 is 36.3 Å². The number of carbonyl (C=O) groups excluding carboxylic acids is 2. The summed E-state index contributed by atoms with van der Waals surface area (Å²) in [6.45, 7) is 1.70. The Hall–Kier alpha value is -2.28. The van der Waals surface area contributed by atoms with Crippen LogP contribution in [-0.2, 0) is 14.6 Å². The van der Waals surface area contributed by atoms with Gasteiger partial charge in [0.05, 0.1) is 26.3 Å². The van der Waals surface area contributed by atoms with E-state index in [1.54, 1.807) is 26.2 Å². The lowest BCUT2D eigenvalue weighted by atomic mass is 10.1. The van der Waals surface area contributed by atoms with E-state index in [2.05, 4.69) is 0 Å². The van der Waals surface area contributed by atoms with Crippen molar-refractivity contribution in [3.63, 3.8) is 0 Å². The fourth-order valence-electron chi connectivity index (χ4n) is 2.54. The van der Waals surface area contributed by atoms with Crippen LogP contribution in [0.25, 0.3) is 0 Å². The largest absolute Gasteiger partial charge is 0.426 e. The summed E-state index contributed by atoms with van der Waals surface area (Å²) in [5.74, 6) is -2.30. The van der Waals surface area contributed by atoms with E-state index in [1.165, 1.54) is 24.0 Å². The van der Waals surface area contributed by atoms with E-state index in [0.29, 0.717) is 17.4 Å². The first kappa shape index (κ1) is 28.0. The highest BCUT2D eigenvalue weighted by atomic mass is 35.5. The van der Waals surface area contributed by atoms with Crippen LogP contribution in [0.4, 0.5) is 18.9 Å². The summed E-state index contributed by atoms with van der Waals surface area (Å²) >= 11 is 7.23. The number of nitrogens with zero attached hydrogens (tertiary/aromatic N) is 1. The number of anilines is 1. The summed E-state index contributed by atoms with van der Waals surface area (Å²) in [7, 11) is -0.637. The summed E-state index contributed by atoms with van der Waals surface area (Å²) in [5, 5.41) is 11.2. The molecule has 0 saturated heterocycles. The number of alkyl halides is 3. The van der Waals surface area contributed by atoms with Gasteiger partial charge < -0.3 is 15.3 Å². The van der Waals surface area contributed by atoms with E-state index in [1.807, 2.05) is 5.32 Å². The molecule has 0 bridgehead atoms. The molecule has 0 unspecified atom stereocenters. The van der Waals surface area contributed by atoms with Gasteiger partial charge in [0.15, 0.2) is 9.84 Å². The van der Waals surface area contributed by atoms with Gasteiger partial charge in [0.1, 0.15) is 0 Å². The molecular formula is C21H22ClF3N2O5S2. The number of halogens is 4. The van der Waals surface area contributed by atoms with Gasteiger partial charge in [-0.25, -0.2) is 8.42 Å². The molecule has 0 aliphatic carbocycles. The SMILES string of the molecule is CCS(=O)(=O)c1ccc(NC(=O)[C@@](C)(O)C(F)(F)F)c(Cl)c1Sc1ccc(C(=O)N(C)C)cc1. The van der Waals surface area contributed by atoms with Gasteiger partial charge in [0, 0.05) is 24.6 Å². The van der Waals surface area contributed by atoms with Crippen LogP contribution in [0.2, 0.25) is 5.02 Å². The smallest absolute Gasteiger partial charge is 0.373 e. The zero-order chi connectivity index (χ0) is 26.1. The van der Waals surface area contributed by atoms with Gasteiger partial charge in [-0.05, 0) is 43.3 Å². The molecule has 0 radical (unpaired) electrons. The first-order valence-corrected chi connectivity index (χ1v) is 12.5. The monoisotopic (exact) mass is 538 g/mol. The molecule has 1 atom stereocenters. The number of hydrogen-bond donors (Lipinski definition) is 2. The Morgan fingerprint density at radius 1 is 1.12 bits per heavy atom. The molecule has 0 spiro atoms. The molecule has 34 heavy (non-hydrogen) atoms. The topological polar surface area (TPSA) is 104 Å².